The molecule has 3 aliphatic rings. The zero-order valence-electron chi connectivity index (χ0n) is 22.6. The van der Waals surface area contributed by atoms with E-state index in [1.54, 1.807) is 18.0 Å². The molecule has 0 unspecified atom stereocenters. The molecule has 0 atom stereocenters. The quantitative estimate of drug-likeness (QED) is 0.483. The first kappa shape index (κ1) is 27.0. The summed E-state index contributed by atoms with van der Waals surface area (Å²) in [7, 11) is 0. The van der Waals surface area contributed by atoms with Crippen molar-refractivity contribution in [1.82, 2.24) is 24.8 Å². The molecule has 0 spiro atoms. The summed E-state index contributed by atoms with van der Waals surface area (Å²) in [6, 6.07) is 2.23. The minimum atomic E-state index is -0.111. The van der Waals surface area contributed by atoms with E-state index >= 15 is 0 Å². The van der Waals surface area contributed by atoms with Crippen molar-refractivity contribution in [2.45, 2.75) is 77.3 Å². The van der Waals surface area contributed by atoms with E-state index < -0.39 is 0 Å². The number of carbonyl (C=O) groups excluding carboxylic acids is 2. The molecule has 2 fully saturated rings. The van der Waals surface area contributed by atoms with Crippen molar-refractivity contribution in [3.63, 3.8) is 0 Å². The van der Waals surface area contributed by atoms with Gasteiger partial charge in [-0.25, -0.2) is 9.97 Å². The molecule has 5 rings (SSSR count). The van der Waals surface area contributed by atoms with Gasteiger partial charge in [-0.2, -0.15) is 0 Å². The number of piperidine rings is 1. The number of hydrogen-bond acceptors (Lipinski definition) is 7. The smallest absolute Gasteiger partial charge is 0.264 e. The van der Waals surface area contributed by atoms with Crippen molar-refractivity contribution in [3.8, 4) is 5.88 Å². The minimum Gasteiger partial charge on any atom is -0.476 e. The average Bonchev–Trinajstić information content (AvgIpc) is 3.57. The summed E-state index contributed by atoms with van der Waals surface area (Å²) in [4.78, 5) is 38.1. The van der Waals surface area contributed by atoms with Gasteiger partial charge >= 0.3 is 0 Å². The Kier molecular flexibility index (Phi) is 8.89. The summed E-state index contributed by atoms with van der Waals surface area (Å²) in [6.07, 6.45) is 11.8. The van der Waals surface area contributed by atoms with Gasteiger partial charge in [-0.15, -0.1) is 11.8 Å². The summed E-state index contributed by atoms with van der Waals surface area (Å²) in [5.41, 5.74) is 1.64. The molecule has 1 saturated heterocycles. The topological polar surface area (TPSA) is 101 Å². The summed E-state index contributed by atoms with van der Waals surface area (Å²) >= 11 is 1.58. The van der Waals surface area contributed by atoms with Gasteiger partial charge in [0.1, 0.15) is 12.1 Å². The largest absolute Gasteiger partial charge is 0.476 e. The standard InChI is InChI=1S/C28H40N6O3S/c1-19(2)30-26(35)20-8-10-21(11-9-20)34-23-17-25(37-15-14-33-12-4-3-5-13-33)29-18-22(23)31-28(34)32-27(36)24-7-6-16-38-24/h7,17-21H,3-6,8-16H2,1-2H3,(H,30,35)(H,31,32,36). The van der Waals surface area contributed by atoms with Gasteiger partial charge in [0.05, 0.1) is 16.6 Å². The van der Waals surface area contributed by atoms with Gasteiger partial charge in [0.25, 0.3) is 5.91 Å². The third-order valence-electron chi connectivity index (χ3n) is 7.67. The molecule has 2 aromatic rings. The van der Waals surface area contributed by atoms with Gasteiger partial charge in [-0.3, -0.25) is 19.8 Å². The zero-order chi connectivity index (χ0) is 26.5. The molecule has 10 heteroatoms. The number of likely N-dealkylation sites (tertiary alicyclic amines) is 1. The highest BCUT2D eigenvalue weighted by Gasteiger charge is 2.30. The molecule has 38 heavy (non-hydrogen) atoms. The number of pyridine rings is 1. The van der Waals surface area contributed by atoms with Crippen LogP contribution < -0.4 is 15.4 Å². The number of nitrogens with zero attached hydrogens (tertiary/aromatic N) is 4. The molecule has 2 N–H and O–H groups in total. The van der Waals surface area contributed by atoms with Crippen LogP contribution in [-0.4, -0.2) is 69.3 Å². The molecule has 0 radical (unpaired) electrons. The van der Waals surface area contributed by atoms with E-state index in [1.165, 1.54) is 19.3 Å². The summed E-state index contributed by atoms with van der Waals surface area (Å²) < 4.78 is 8.21. The maximum Gasteiger partial charge on any atom is 0.264 e. The molecule has 206 valence electrons. The second kappa shape index (κ2) is 12.5. The third kappa shape index (κ3) is 6.51. The van der Waals surface area contributed by atoms with E-state index in [0.29, 0.717) is 18.4 Å². The number of ether oxygens (including phenoxy) is 1. The van der Waals surface area contributed by atoms with Gasteiger partial charge in [-0.1, -0.05) is 12.5 Å². The Morgan fingerprint density at radius 1 is 1.16 bits per heavy atom. The van der Waals surface area contributed by atoms with E-state index in [1.807, 2.05) is 26.0 Å². The molecule has 0 aromatic carbocycles. The first-order chi connectivity index (χ1) is 18.5. The van der Waals surface area contributed by atoms with Crippen LogP contribution in [0.4, 0.5) is 5.95 Å². The predicted molar refractivity (Wildman–Crippen MR) is 151 cm³/mol. The van der Waals surface area contributed by atoms with Crippen LogP contribution in [0.25, 0.3) is 11.0 Å². The third-order valence-corrected chi connectivity index (χ3v) is 8.78. The predicted octanol–water partition coefficient (Wildman–Crippen LogP) is 4.51. The number of nitrogens with one attached hydrogen (secondary N) is 2. The second-order valence-corrected chi connectivity index (χ2v) is 12.0. The molecule has 4 heterocycles. The first-order valence-corrected chi connectivity index (χ1v) is 15.1. The Morgan fingerprint density at radius 2 is 1.95 bits per heavy atom. The Hall–Kier alpha value is -2.59. The highest BCUT2D eigenvalue weighted by molar-refractivity contribution is 8.04. The van der Waals surface area contributed by atoms with Crippen LogP contribution in [0, 0.1) is 5.92 Å². The molecular weight excluding hydrogens is 500 g/mol. The number of anilines is 1. The Labute approximate surface area is 229 Å². The number of carbonyl (C=O) groups is 2. The fourth-order valence-electron chi connectivity index (χ4n) is 5.72. The van der Waals surface area contributed by atoms with Crippen LogP contribution in [0.1, 0.15) is 71.3 Å². The van der Waals surface area contributed by atoms with E-state index in [2.05, 4.69) is 25.1 Å². The van der Waals surface area contributed by atoms with Crippen LogP contribution in [0.15, 0.2) is 23.2 Å². The van der Waals surface area contributed by atoms with Crippen LogP contribution in [0.5, 0.6) is 5.88 Å². The first-order valence-electron chi connectivity index (χ1n) is 14.2. The van der Waals surface area contributed by atoms with Crippen molar-refractivity contribution >= 4 is 40.6 Å². The van der Waals surface area contributed by atoms with Gasteiger partial charge < -0.3 is 14.6 Å². The zero-order valence-corrected chi connectivity index (χ0v) is 23.4. The average molecular weight is 541 g/mol. The maximum atomic E-state index is 13.0. The van der Waals surface area contributed by atoms with Gasteiger partial charge in [0.15, 0.2) is 0 Å². The molecule has 2 aromatic heterocycles. The Morgan fingerprint density at radius 3 is 2.66 bits per heavy atom. The molecule has 9 nitrogen and oxygen atoms in total. The SMILES string of the molecule is CC(C)NC(=O)C1CCC(n2c(NC(=O)C3=CCCS3)nc3cnc(OCCN4CCCCC4)cc32)CC1. The minimum absolute atomic E-state index is 0.0249. The van der Waals surface area contributed by atoms with Crippen LogP contribution in [0.3, 0.4) is 0 Å². The summed E-state index contributed by atoms with van der Waals surface area (Å²) in [5.74, 6) is 2.11. The van der Waals surface area contributed by atoms with Gasteiger partial charge in [0.2, 0.25) is 17.7 Å². The second-order valence-electron chi connectivity index (χ2n) is 10.9. The number of aromatic nitrogens is 3. The number of fused-ring (bicyclic) bond motifs is 1. The van der Waals surface area contributed by atoms with Crippen LogP contribution in [0.2, 0.25) is 0 Å². The lowest BCUT2D eigenvalue weighted by molar-refractivity contribution is -0.126. The molecule has 1 saturated carbocycles. The normalized spacial score (nSPS) is 22.4. The lowest BCUT2D eigenvalue weighted by Gasteiger charge is -2.30. The molecule has 2 aliphatic heterocycles. The number of allylic oxidation sites excluding steroid dienone is 1. The maximum absolute atomic E-state index is 13.0. The van der Waals surface area contributed by atoms with E-state index in [0.717, 1.165) is 73.4 Å². The number of thioether (sulfide) groups is 1. The van der Waals surface area contributed by atoms with Crippen molar-refractivity contribution in [3.05, 3.63) is 23.2 Å². The monoisotopic (exact) mass is 540 g/mol. The summed E-state index contributed by atoms with van der Waals surface area (Å²) in [5, 5.41) is 6.13. The lowest BCUT2D eigenvalue weighted by Crippen LogP contribution is -2.37. The van der Waals surface area contributed by atoms with Crippen molar-refractivity contribution in [1.29, 1.82) is 0 Å². The highest BCUT2D eigenvalue weighted by Crippen LogP contribution is 2.38. The number of amides is 2. The molecular formula is C28H40N6O3S. The van der Waals surface area contributed by atoms with Crippen LogP contribution >= 0.6 is 11.8 Å². The Bertz CT molecular complexity index is 1160. The number of imidazole rings is 1. The molecule has 2 amide bonds. The Balaban J connectivity index is 1.34. The van der Waals surface area contributed by atoms with E-state index in [4.69, 9.17) is 9.72 Å². The highest BCUT2D eigenvalue weighted by atomic mass is 32.2. The molecule has 1 aliphatic carbocycles. The van der Waals surface area contributed by atoms with Crippen LogP contribution in [-0.2, 0) is 9.59 Å². The fraction of sp³-hybridized carbons (Fsp3) is 0.643. The van der Waals surface area contributed by atoms with E-state index in [9.17, 15) is 9.59 Å². The number of hydrogen-bond donors (Lipinski definition) is 2. The van der Waals surface area contributed by atoms with Crippen molar-refractivity contribution in [2.24, 2.45) is 5.92 Å². The fourth-order valence-corrected chi connectivity index (χ4v) is 6.59. The number of rotatable bonds is 9. The van der Waals surface area contributed by atoms with E-state index in [-0.39, 0.29) is 29.8 Å². The van der Waals surface area contributed by atoms with Crippen molar-refractivity contribution in [2.75, 3.05) is 37.3 Å². The lowest BCUT2D eigenvalue weighted by atomic mass is 9.85. The van der Waals surface area contributed by atoms with Gasteiger partial charge in [-0.05, 0) is 71.9 Å². The van der Waals surface area contributed by atoms with Crippen molar-refractivity contribution < 1.29 is 14.3 Å². The summed E-state index contributed by atoms with van der Waals surface area (Å²) in [6.45, 7) is 7.76. The van der Waals surface area contributed by atoms with Gasteiger partial charge in [0, 0.05) is 36.4 Å². The molecule has 0 bridgehead atoms.